The lowest BCUT2D eigenvalue weighted by molar-refractivity contribution is 0.0384. The van der Waals surface area contributed by atoms with E-state index in [9.17, 15) is 0 Å². The van der Waals surface area contributed by atoms with Crippen molar-refractivity contribution in [1.29, 1.82) is 0 Å². The van der Waals surface area contributed by atoms with E-state index < -0.39 is 0 Å². The lowest BCUT2D eigenvalue weighted by atomic mass is 10.2. The van der Waals surface area contributed by atoms with Crippen molar-refractivity contribution in [3.63, 3.8) is 0 Å². The average Bonchev–Trinajstić information content (AvgIpc) is 2.37. The van der Waals surface area contributed by atoms with Crippen molar-refractivity contribution in [2.75, 3.05) is 30.3 Å². The van der Waals surface area contributed by atoms with Crippen molar-refractivity contribution in [1.82, 2.24) is 0 Å². The van der Waals surface area contributed by atoms with Crippen LogP contribution in [-0.2, 0) is 4.74 Å². The van der Waals surface area contributed by atoms with Crippen LogP contribution in [0, 0.1) is 0 Å². The number of hydrogen-bond acceptors (Lipinski definition) is 4. The molecule has 1 aliphatic heterocycles. The van der Waals surface area contributed by atoms with E-state index in [2.05, 4.69) is 17.9 Å². The molecule has 1 aliphatic rings. The summed E-state index contributed by atoms with van der Waals surface area (Å²) in [5.41, 5.74) is 7.84. The first-order valence-electron chi connectivity index (χ1n) is 7.02. The van der Waals surface area contributed by atoms with E-state index in [0.717, 1.165) is 43.2 Å². The van der Waals surface area contributed by atoms with E-state index >= 15 is 0 Å². The number of morpholine rings is 1. The van der Waals surface area contributed by atoms with Gasteiger partial charge in [0, 0.05) is 36.6 Å². The Labute approximate surface area is 115 Å². The van der Waals surface area contributed by atoms with Gasteiger partial charge in [-0.25, -0.2) is 0 Å². The predicted octanol–water partition coefficient (Wildman–Crippen LogP) is 2.67. The quantitative estimate of drug-likeness (QED) is 0.849. The molecule has 0 aliphatic carbocycles. The second-order valence-electron chi connectivity index (χ2n) is 5.27. The minimum atomic E-state index is 0.155. The monoisotopic (exact) mass is 264 g/mol. The highest BCUT2D eigenvalue weighted by atomic mass is 16.5. The summed E-state index contributed by atoms with van der Waals surface area (Å²) in [6, 6.07) is 5.95. The van der Waals surface area contributed by atoms with Gasteiger partial charge in [-0.15, -0.1) is 0 Å². The fraction of sp³-hybridized carbons (Fsp3) is 0.600. The SMILES string of the molecule is CCC1CN(c2cc(N)cc(OC(C)C)c2)CCO1. The first-order valence-corrected chi connectivity index (χ1v) is 7.02. The molecule has 0 bridgehead atoms. The van der Waals surface area contributed by atoms with Crippen molar-refractivity contribution in [2.24, 2.45) is 0 Å². The second-order valence-corrected chi connectivity index (χ2v) is 5.27. The van der Waals surface area contributed by atoms with Crippen LogP contribution in [0.15, 0.2) is 18.2 Å². The molecule has 0 amide bonds. The van der Waals surface area contributed by atoms with Crippen molar-refractivity contribution in [3.8, 4) is 5.75 Å². The molecule has 2 rings (SSSR count). The Morgan fingerprint density at radius 2 is 2.21 bits per heavy atom. The summed E-state index contributed by atoms with van der Waals surface area (Å²) in [4.78, 5) is 2.32. The highest BCUT2D eigenvalue weighted by Gasteiger charge is 2.20. The van der Waals surface area contributed by atoms with Gasteiger partial charge in [-0.1, -0.05) is 6.92 Å². The number of nitrogen functional groups attached to an aromatic ring is 1. The number of nitrogens with two attached hydrogens (primary N) is 1. The highest BCUT2D eigenvalue weighted by molar-refractivity contribution is 5.60. The maximum Gasteiger partial charge on any atom is 0.123 e. The molecule has 4 heteroatoms. The fourth-order valence-electron chi connectivity index (χ4n) is 2.33. The number of rotatable bonds is 4. The Morgan fingerprint density at radius 1 is 1.42 bits per heavy atom. The van der Waals surface area contributed by atoms with Gasteiger partial charge in [0.25, 0.3) is 0 Å². The Morgan fingerprint density at radius 3 is 2.89 bits per heavy atom. The van der Waals surface area contributed by atoms with Gasteiger partial charge in [-0.2, -0.15) is 0 Å². The largest absolute Gasteiger partial charge is 0.491 e. The summed E-state index contributed by atoms with van der Waals surface area (Å²) in [6.07, 6.45) is 1.50. The molecule has 0 radical (unpaired) electrons. The molecule has 0 saturated carbocycles. The fourth-order valence-corrected chi connectivity index (χ4v) is 2.33. The normalized spacial score (nSPS) is 19.8. The molecule has 1 aromatic carbocycles. The van der Waals surface area contributed by atoms with Crippen molar-refractivity contribution < 1.29 is 9.47 Å². The first-order chi connectivity index (χ1) is 9.08. The van der Waals surface area contributed by atoms with Crippen LogP contribution >= 0.6 is 0 Å². The van der Waals surface area contributed by atoms with Crippen LogP contribution in [0.3, 0.4) is 0 Å². The number of nitrogens with zero attached hydrogens (tertiary/aromatic N) is 1. The Kier molecular flexibility index (Phi) is 4.53. The third kappa shape index (κ3) is 3.77. The lowest BCUT2D eigenvalue weighted by Crippen LogP contribution is -2.42. The van der Waals surface area contributed by atoms with Crippen molar-refractivity contribution in [2.45, 2.75) is 39.4 Å². The van der Waals surface area contributed by atoms with Gasteiger partial charge in [0.1, 0.15) is 5.75 Å². The summed E-state index contributed by atoms with van der Waals surface area (Å²) in [7, 11) is 0. The summed E-state index contributed by atoms with van der Waals surface area (Å²) >= 11 is 0. The van der Waals surface area contributed by atoms with Gasteiger partial charge < -0.3 is 20.1 Å². The smallest absolute Gasteiger partial charge is 0.123 e. The van der Waals surface area contributed by atoms with Crippen molar-refractivity contribution >= 4 is 11.4 Å². The summed E-state index contributed by atoms with van der Waals surface area (Å²) in [6.45, 7) is 8.78. The average molecular weight is 264 g/mol. The molecule has 19 heavy (non-hydrogen) atoms. The van der Waals surface area contributed by atoms with Crippen LogP contribution < -0.4 is 15.4 Å². The minimum absolute atomic E-state index is 0.155. The standard InChI is InChI=1S/C15H24N2O2/c1-4-14-10-17(5-6-18-14)13-7-12(16)8-15(9-13)19-11(2)3/h7-9,11,14H,4-6,10,16H2,1-3H3. The molecule has 0 spiro atoms. The minimum Gasteiger partial charge on any atom is -0.491 e. The molecule has 1 heterocycles. The molecule has 2 N–H and O–H groups in total. The molecule has 0 aromatic heterocycles. The second kappa shape index (κ2) is 6.15. The molecule has 1 atom stereocenters. The number of hydrogen-bond donors (Lipinski definition) is 1. The number of benzene rings is 1. The Bertz CT molecular complexity index is 421. The van der Waals surface area contributed by atoms with Gasteiger partial charge in [-0.3, -0.25) is 0 Å². The van der Waals surface area contributed by atoms with E-state index in [1.807, 2.05) is 26.0 Å². The summed E-state index contributed by atoms with van der Waals surface area (Å²) < 4.78 is 11.4. The Balaban J connectivity index is 2.16. The summed E-state index contributed by atoms with van der Waals surface area (Å²) in [5, 5.41) is 0. The molecule has 1 saturated heterocycles. The van der Waals surface area contributed by atoms with Gasteiger partial charge in [0.15, 0.2) is 0 Å². The number of ether oxygens (including phenoxy) is 2. The van der Waals surface area contributed by atoms with E-state index in [-0.39, 0.29) is 6.10 Å². The third-order valence-electron chi connectivity index (χ3n) is 3.24. The zero-order valence-corrected chi connectivity index (χ0v) is 12.1. The van der Waals surface area contributed by atoms with Crippen LogP contribution in [0.5, 0.6) is 5.75 Å². The maximum absolute atomic E-state index is 5.97. The van der Waals surface area contributed by atoms with Crippen LogP contribution in [0.1, 0.15) is 27.2 Å². The molecule has 1 aromatic rings. The van der Waals surface area contributed by atoms with E-state index in [0.29, 0.717) is 6.10 Å². The number of anilines is 2. The van der Waals surface area contributed by atoms with E-state index in [1.54, 1.807) is 0 Å². The summed E-state index contributed by atoms with van der Waals surface area (Å²) in [5.74, 6) is 0.838. The van der Waals surface area contributed by atoms with Crippen LogP contribution in [0.4, 0.5) is 11.4 Å². The molecule has 106 valence electrons. The Hall–Kier alpha value is -1.42. The lowest BCUT2D eigenvalue weighted by Gasteiger charge is -2.34. The van der Waals surface area contributed by atoms with Crippen molar-refractivity contribution in [3.05, 3.63) is 18.2 Å². The molecule has 4 nitrogen and oxygen atoms in total. The van der Waals surface area contributed by atoms with E-state index in [4.69, 9.17) is 15.2 Å². The van der Waals surface area contributed by atoms with E-state index in [1.165, 1.54) is 0 Å². The van der Waals surface area contributed by atoms with Crippen LogP contribution in [-0.4, -0.2) is 31.9 Å². The molecular weight excluding hydrogens is 240 g/mol. The van der Waals surface area contributed by atoms with Crippen LogP contribution in [0.25, 0.3) is 0 Å². The van der Waals surface area contributed by atoms with Gasteiger partial charge in [-0.05, 0) is 26.3 Å². The molecule has 1 unspecified atom stereocenters. The zero-order chi connectivity index (χ0) is 13.8. The third-order valence-corrected chi connectivity index (χ3v) is 3.24. The topological polar surface area (TPSA) is 47.7 Å². The first kappa shape index (κ1) is 14.0. The van der Waals surface area contributed by atoms with Gasteiger partial charge in [0.05, 0.1) is 18.8 Å². The zero-order valence-electron chi connectivity index (χ0n) is 12.1. The maximum atomic E-state index is 5.97. The predicted molar refractivity (Wildman–Crippen MR) is 78.9 cm³/mol. The van der Waals surface area contributed by atoms with Crippen LogP contribution in [0.2, 0.25) is 0 Å². The van der Waals surface area contributed by atoms with Gasteiger partial charge >= 0.3 is 0 Å². The molecular formula is C15H24N2O2. The highest BCUT2D eigenvalue weighted by Crippen LogP contribution is 2.27. The van der Waals surface area contributed by atoms with Gasteiger partial charge in [0.2, 0.25) is 0 Å². The molecule has 1 fully saturated rings.